The number of hydrogen-bond donors (Lipinski definition) is 2. The van der Waals surface area contributed by atoms with Crippen LogP contribution in [0.1, 0.15) is 36.8 Å². The molecule has 2 N–H and O–H groups in total. The Balaban J connectivity index is 1.68. The van der Waals surface area contributed by atoms with Crippen LogP contribution in [0.2, 0.25) is 0 Å². The number of aryl methyl sites for hydroxylation is 1. The minimum absolute atomic E-state index is 0.00621. The normalized spacial score (nSPS) is 17.2. The molecule has 5 rings (SSSR count). The molecular formula is C28H25F2N3O8S. The molecule has 1 aliphatic heterocycles. The first-order valence-electron chi connectivity index (χ1n) is 12.8. The lowest BCUT2D eigenvalue weighted by atomic mass is 9.88. The molecule has 2 amide bonds. The van der Waals surface area contributed by atoms with Gasteiger partial charge in [-0.3, -0.25) is 0 Å². The summed E-state index contributed by atoms with van der Waals surface area (Å²) in [6.07, 6.45) is -0.272. The summed E-state index contributed by atoms with van der Waals surface area (Å²) >= 11 is 0. The van der Waals surface area contributed by atoms with Crippen LogP contribution in [-0.4, -0.2) is 52.5 Å². The van der Waals surface area contributed by atoms with Crippen LogP contribution >= 0.6 is 0 Å². The van der Waals surface area contributed by atoms with Crippen LogP contribution < -0.4 is 9.64 Å². The van der Waals surface area contributed by atoms with E-state index in [-0.39, 0.29) is 38.6 Å². The summed E-state index contributed by atoms with van der Waals surface area (Å²) in [7, 11) is -4.16. The van der Waals surface area contributed by atoms with Gasteiger partial charge in [0.05, 0.1) is 22.1 Å². The number of hydrogen-bond acceptors (Lipinski definition) is 7. The van der Waals surface area contributed by atoms with Crippen LogP contribution in [0.4, 0.5) is 24.1 Å². The molecule has 0 spiro atoms. The predicted molar refractivity (Wildman–Crippen MR) is 146 cm³/mol. The van der Waals surface area contributed by atoms with E-state index < -0.39 is 45.3 Å². The fourth-order valence-electron chi connectivity index (χ4n) is 5.01. The van der Waals surface area contributed by atoms with E-state index in [0.717, 1.165) is 9.54 Å². The minimum Gasteiger partial charge on any atom is -0.464 e. The summed E-state index contributed by atoms with van der Waals surface area (Å²) in [6, 6.07) is 8.57. The Morgan fingerprint density at radius 3 is 2.33 bits per heavy atom. The third kappa shape index (κ3) is 5.14. The average molecular weight is 602 g/mol. The first-order valence-corrected chi connectivity index (χ1v) is 14.2. The molecule has 2 aromatic heterocycles. The molecule has 0 aliphatic carbocycles. The fourth-order valence-corrected chi connectivity index (χ4v) is 6.34. The number of carboxylic acid groups (broad SMARTS) is 2. The number of amides is 2. The molecule has 0 saturated carbocycles. The summed E-state index contributed by atoms with van der Waals surface area (Å²) in [5.74, 6) is -4.14. The minimum atomic E-state index is -4.16. The Hall–Kier alpha value is -4.56. The number of carbonyl (C=O) groups is 2. The number of pyridine rings is 1. The fraction of sp³-hybridized carbons (Fsp3) is 0.250. The highest BCUT2D eigenvalue weighted by Gasteiger charge is 2.33. The molecule has 3 heterocycles. The average Bonchev–Trinajstić information content (AvgIpc) is 3.32. The zero-order valence-electron chi connectivity index (χ0n) is 22.3. The van der Waals surface area contributed by atoms with Crippen molar-refractivity contribution in [3.8, 4) is 11.5 Å². The third-order valence-corrected chi connectivity index (χ3v) is 8.73. The molecule has 2 atom stereocenters. The van der Waals surface area contributed by atoms with Gasteiger partial charge in [0.15, 0.2) is 23.0 Å². The van der Waals surface area contributed by atoms with Gasteiger partial charge in [0.1, 0.15) is 5.75 Å². The van der Waals surface area contributed by atoms with E-state index in [9.17, 15) is 18.0 Å². The Bertz CT molecular complexity index is 1770. The molecule has 1 saturated heterocycles. The number of aromatic nitrogens is 2. The van der Waals surface area contributed by atoms with Crippen molar-refractivity contribution in [2.24, 2.45) is 0 Å². The van der Waals surface area contributed by atoms with Crippen molar-refractivity contribution in [3.63, 3.8) is 0 Å². The van der Waals surface area contributed by atoms with E-state index in [0.29, 0.717) is 37.1 Å². The molecule has 220 valence electrons. The summed E-state index contributed by atoms with van der Waals surface area (Å²) in [5.41, 5.74) is 0.512. The standard InChI is InChI=1S/C28H25F2N3O8S/c1-15-5-7-18(8-6-15)42(38,39)32-14-20(19-4-3-11-40-16(19)2)24-23(9-10-31-26(24)32)41-25-21(29)12-17(13-22(25)30)33(27(34)35)28(36)37/h5-10,12-14,16,19H,3-4,11H2,1-2H3,(H,34,35)(H,36,37). The molecule has 4 aromatic rings. The summed E-state index contributed by atoms with van der Waals surface area (Å²) in [4.78, 5) is 26.7. The molecule has 42 heavy (non-hydrogen) atoms. The number of fused-ring (bicyclic) bond motifs is 1. The van der Waals surface area contributed by atoms with Gasteiger partial charge in [0.25, 0.3) is 10.0 Å². The highest BCUT2D eigenvalue weighted by molar-refractivity contribution is 7.90. The number of ether oxygens (including phenoxy) is 2. The van der Waals surface area contributed by atoms with Gasteiger partial charge in [0.2, 0.25) is 0 Å². The van der Waals surface area contributed by atoms with Gasteiger partial charge in [-0.25, -0.2) is 35.7 Å². The first-order chi connectivity index (χ1) is 19.9. The largest absolute Gasteiger partial charge is 0.464 e. The molecule has 0 radical (unpaired) electrons. The second-order valence-corrected chi connectivity index (χ2v) is 11.6. The zero-order valence-corrected chi connectivity index (χ0v) is 23.1. The van der Waals surface area contributed by atoms with Crippen molar-refractivity contribution in [2.45, 2.75) is 43.6 Å². The zero-order chi connectivity index (χ0) is 30.3. The number of nitrogens with zero attached hydrogens (tertiary/aromatic N) is 3. The molecule has 2 aromatic carbocycles. The molecule has 2 unspecified atom stereocenters. The van der Waals surface area contributed by atoms with Crippen LogP contribution in [0.15, 0.2) is 59.8 Å². The maximum absolute atomic E-state index is 15.1. The van der Waals surface area contributed by atoms with Crippen LogP contribution in [0, 0.1) is 18.6 Å². The highest BCUT2D eigenvalue weighted by atomic mass is 32.2. The van der Waals surface area contributed by atoms with Gasteiger partial charge < -0.3 is 19.7 Å². The lowest BCUT2D eigenvalue weighted by Crippen LogP contribution is -2.34. The van der Waals surface area contributed by atoms with E-state index in [1.807, 2.05) is 13.8 Å². The van der Waals surface area contributed by atoms with E-state index in [1.165, 1.54) is 30.6 Å². The molecular weight excluding hydrogens is 576 g/mol. The third-order valence-electron chi connectivity index (χ3n) is 7.07. The Kier molecular flexibility index (Phi) is 7.60. The quantitative estimate of drug-likeness (QED) is 0.267. The first kappa shape index (κ1) is 29.0. The Morgan fingerprint density at radius 1 is 1.10 bits per heavy atom. The Morgan fingerprint density at radius 2 is 1.74 bits per heavy atom. The Labute approximate surface area is 238 Å². The van der Waals surface area contributed by atoms with Gasteiger partial charge in [0, 0.05) is 37.1 Å². The van der Waals surface area contributed by atoms with Gasteiger partial charge in [-0.2, -0.15) is 4.90 Å². The number of halogens is 2. The monoisotopic (exact) mass is 601 g/mol. The van der Waals surface area contributed by atoms with Gasteiger partial charge in [-0.1, -0.05) is 17.7 Å². The molecule has 14 heteroatoms. The van der Waals surface area contributed by atoms with Crippen LogP contribution in [-0.2, 0) is 14.8 Å². The number of benzene rings is 2. The van der Waals surface area contributed by atoms with Crippen molar-refractivity contribution >= 4 is 38.9 Å². The topological polar surface area (TPSA) is 148 Å². The van der Waals surface area contributed by atoms with E-state index >= 15 is 8.78 Å². The lowest BCUT2D eigenvalue weighted by Gasteiger charge is -2.29. The van der Waals surface area contributed by atoms with Crippen molar-refractivity contribution in [2.75, 3.05) is 11.5 Å². The maximum Gasteiger partial charge on any atom is 0.421 e. The van der Waals surface area contributed by atoms with Crippen LogP contribution in [0.3, 0.4) is 0 Å². The number of imide groups is 1. The summed E-state index contributed by atoms with van der Waals surface area (Å²) in [5, 5.41) is 18.5. The smallest absolute Gasteiger partial charge is 0.421 e. The second-order valence-electron chi connectivity index (χ2n) is 9.77. The summed E-state index contributed by atoms with van der Waals surface area (Å²) < 4.78 is 70.3. The van der Waals surface area contributed by atoms with Crippen molar-refractivity contribution < 1.29 is 46.5 Å². The number of anilines is 1. The van der Waals surface area contributed by atoms with E-state index in [4.69, 9.17) is 19.7 Å². The van der Waals surface area contributed by atoms with E-state index in [2.05, 4.69) is 4.98 Å². The van der Waals surface area contributed by atoms with Crippen LogP contribution in [0.5, 0.6) is 11.5 Å². The SMILES string of the molecule is Cc1ccc(S(=O)(=O)n2cc(C3CCCOC3C)c3c(Oc4c(F)cc(N(C(=O)O)C(=O)O)cc4F)ccnc32)cc1. The van der Waals surface area contributed by atoms with Crippen molar-refractivity contribution in [1.29, 1.82) is 0 Å². The second kappa shape index (κ2) is 11.0. The molecule has 1 aliphatic rings. The molecule has 11 nitrogen and oxygen atoms in total. The molecule has 0 bridgehead atoms. The van der Waals surface area contributed by atoms with Gasteiger partial charge in [-0.15, -0.1) is 0 Å². The maximum atomic E-state index is 15.1. The lowest BCUT2D eigenvalue weighted by molar-refractivity contribution is 0.0119. The predicted octanol–water partition coefficient (Wildman–Crippen LogP) is 6.10. The van der Waals surface area contributed by atoms with Crippen molar-refractivity contribution in [3.05, 3.63) is 77.6 Å². The summed E-state index contributed by atoms with van der Waals surface area (Å²) in [6.45, 7) is 4.18. The highest BCUT2D eigenvalue weighted by Crippen LogP contribution is 2.42. The van der Waals surface area contributed by atoms with Gasteiger partial charge >= 0.3 is 12.2 Å². The molecule has 1 fully saturated rings. The number of rotatable bonds is 6. The van der Waals surface area contributed by atoms with Gasteiger partial charge in [-0.05, 0) is 50.5 Å². The van der Waals surface area contributed by atoms with E-state index in [1.54, 1.807) is 12.1 Å². The van der Waals surface area contributed by atoms with Crippen molar-refractivity contribution in [1.82, 2.24) is 8.96 Å². The van der Waals surface area contributed by atoms with Crippen LogP contribution in [0.25, 0.3) is 11.0 Å².